The lowest BCUT2D eigenvalue weighted by Gasteiger charge is -2.34. The van der Waals surface area contributed by atoms with Gasteiger partial charge in [0.25, 0.3) is 0 Å². The van der Waals surface area contributed by atoms with Crippen molar-refractivity contribution < 1.29 is 0 Å². The second-order valence-electron chi connectivity index (χ2n) is 4.69. The first kappa shape index (κ1) is 14.9. The van der Waals surface area contributed by atoms with Gasteiger partial charge in [-0.2, -0.15) is 0 Å². The molecule has 0 fully saturated rings. The van der Waals surface area contributed by atoms with E-state index in [1.54, 1.807) is 0 Å². The minimum atomic E-state index is 0.582. The lowest BCUT2D eigenvalue weighted by molar-refractivity contribution is 0.160. The van der Waals surface area contributed by atoms with Crippen LogP contribution in [0.1, 0.15) is 48.0 Å². The Bertz CT molecular complexity index is 147. The summed E-state index contributed by atoms with van der Waals surface area (Å²) in [4.78, 5) is 2.58. The summed E-state index contributed by atoms with van der Waals surface area (Å²) < 4.78 is 0. The zero-order chi connectivity index (χ0) is 11.8. The van der Waals surface area contributed by atoms with Crippen LogP contribution in [-0.2, 0) is 0 Å². The van der Waals surface area contributed by atoms with E-state index in [-0.39, 0.29) is 0 Å². The molecule has 0 aromatic rings. The highest BCUT2D eigenvalue weighted by Crippen LogP contribution is 2.10. The Balaban J connectivity index is 4.13. The summed E-state index contributed by atoms with van der Waals surface area (Å²) in [5.74, 6) is 0.807. The molecule has 15 heavy (non-hydrogen) atoms. The normalized spacial score (nSPS) is 17.8. The summed E-state index contributed by atoms with van der Waals surface area (Å²) in [6, 6.07) is 1.21. The summed E-state index contributed by atoms with van der Waals surface area (Å²) in [5.41, 5.74) is 0. The molecule has 3 unspecified atom stereocenters. The van der Waals surface area contributed by atoms with Crippen LogP contribution in [0.15, 0.2) is 0 Å². The first-order chi connectivity index (χ1) is 7.06. The molecule has 2 heteroatoms. The molecule has 0 aromatic carbocycles. The molecule has 0 aliphatic carbocycles. The number of hydrogen-bond acceptors (Lipinski definition) is 2. The van der Waals surface area contributed by atoms with Gasteiger partial charge in [0.1, 0.15) is 0 Å². The molecule has 0 radical (unpaired) electrons. The van der Waals surface area contributed by atoms with E-state index in [4.69, 9.17) is 0 Å². The van der Waals surface area contributed by atoms with Gasteiger partial charge in [-0.05, 0) is 32.9 Å². The van der Waals surface area contributed by atoms with Crippen LogP contribution >= 0.6 is 0 Å². The van der Waals surface area contributed by atoms with E-state index < -0.39 is 0 Å². The number of rotatable bonds is 8. The maximum atomic E-state index is 3.51. The Morgan fingerprint density at radius 1 is 1.07 bits per heavy atom. The van der Waals surface area contributed by atoms with Crippen LogP contribution in [0.2, 0.25) is 0 Å². The average molecular weight is 214 g/mol. The molecule has 0 rings (SSSR count). The van der Waals surface area contributed by atoms with Gasteiger partial charge in [0.05, 0.1) is 0 Å². The maximum absolute atomic E-state index is 3.51. The summed E-state index contributed by atoms with van der Waals surface area (Å²) in [7, 11) is 0. The largest absolute Gasteiger partial charge is 0.313 e. The van der Waals surface area contributed by atoms with Crippen LogP contribution in [0, 0.1) is 5.92 Å². The zero-order valence-electron chi connectivity index (χ0n) is 11.5. The summed E-state index contributed by atoms with van der Waals surface area (Å²) in [5, 5.41) is 3.51. The van der Waals surface area contributed by atoms with E-state index in [1.165, 1.54) is 13.0 Å². The Hall–Kier alpha value is -0.0800. The maximum Gasteiger partial charge on any atom is 0.0218 e. The molecule has 0 amide bonds. The van der Waals surface area contributed by atoms with E-state index in [1.807, 2.05) is 0 Å². The second-order valence-corrected chi connectivity index (χ2v) is 4.69. The molecular formula is C13H30N2. The molecular weight excluding hydrogens is 184 g/mol. The van der Waals surface area contributed by atoms with Gasteiger partial charge >= 0.3 is 0 Å². The van der Waals surface area contributed by atoms with Crippen molar-refractivity contribution in [3.05, 3.63) is 0 Å². The SMILES string of the molecule is CCNC(C)C(C)N(CC)CC(C)CC. The number of nitrogens with one attached hydrogen (secondary N) is 1. The smallest absolute Gasteiger partial charge is 0.0218 e. The van der Waals surface area contributed by atoms with E-state index in [2.05, 4.69) is 51.8 Å². The predicted molar refractivity (Wildman–Crippen MR) is 69.3 cm³/mol. The van der Waals surface area contributed by atoms with Gasteiger partial charge in [-0.25, -0.2) is 0 Å². The standard InChI is InChI=1S/C13H30N2/c1-7-11(4)10-15(9-3)13(6)12(5)14-8-2/h11-14H,7-10H2,1-6H3. The fourth-order valence-corrected chi connectivity index (χ4v) is 1.92. The molecule has 2 nitrogen and oxygen atoms in total. The van der Waals surface area contributed by atoms with Gasteiger partial charge in [-0.15, -0.1) is 0 Å². The van der Waals surface area contributed by atoms with E-state index in [9.17, 15) is 0 Å². The number of likely N-dealkylation sites (N-methyl/N-ethyl adjacent to an activating group) is 2. The average Bonchev–Trinajstić information content (AvgIpc) is 2.24. The molecule has 0 saturated heterocycles. The van der Waals surface area contributed by atoms with Crippen molar-refractivity contribution in [3.63, 3.8) is 0 Å². The van der Waals surface area contributed by atoms with E-state index >= 15 is 0 Å². The van der Waals surface area contributed by atoms with Gasteiger partial charge in [0.15, 0.2) is 0 Å². The van der Waals surface area contributed by atoms with Crippen LogP contribution in [-0.4, -0.2) is 36.6 Å². The molecule has 0 aliphatic heterocycles. The highest BCUT2D eigenvalue weighted by Gasteiger charge is 2.19. The number of nitrogens with zero attached hydrogens (tertiary/aromatic N) is 1. The molecule has 0 heterocycles. The van der Waals surface area contributed by atoms with Crippen molar-refractivity contribution in [3.8, 4) is 0 Å². The monoisotopic (exact) mass is 214 g/mol. The van der Waals surface area contributed by atoms with Crippen LogP contribution in [0.4, 0.5) is 0 Å². The summed E-state index contributed by atoms with van der Waals surface area (Å²) in [6.45, 7) is 17.1. The Labute approximate surface area is 96.4 Å². The zero-order valence-corrected chi connectivity index (χ0v) is 11.5. The van der Waals surface area contributed by atoms with Crippen LogP contribution < -0.4 is 5.32 Å². The van der Waals surface area contributed by atoms with Crippen molar-refractivity contribution in [1.82, 2.24) is 10.2 Å². The summed E-state index contributed by atoms with van der Waals surface area (Å²) >= 11 is 0. The van der Waals surface area contributed by atoms with Gasteiger partial charge < -0.3 is 5.32 Å². The van der Waals surface area contributed by atoms with Crippen molar-refractivity contribution in [2.45, 2.75) is 60.0 Å². The van der Waals surface area contributed by atoms with Gasteiger partial charge in [0.2, 0.25) is 0 Å². The van der Waals surface area contributed by atoms with Crippen LogP contribution in [0.25, 0.3) is 0 Å². The lowest BCUT2D eigenvalue weighted by Crippen LogP contribution is -2.48. The van der Waals surface area contributed by atoms with Crippen LogP contribution in [0.3, 0.4) is 0 Å². The molecule has 0 bridgehead atoms. The first-order valence-electron chi connectivity index (χ1n) is 6.54. The molecule has 0 aliphatic rings. The Morgan fingerprint density at radius 3 is 2.07 bits per heavy atom. The highest BCUT2D eigenvalue weighted by atomic mass is 15.2. The molecule has 92 valence electrons. The molecule has 1 N–H and O–H groups in total. The predicted octanol–water partition coefficient (Wildman–Crippen LogP) is 2.74. The van der Waals surface area contributed by atoms with Crippen molar-refractivity contribution in [2.75, 3.05) is 19.6 Å². The summed E-state index contributed by atoms with van der Waals surface area (Å²) in [6.07, 6.45) is 1.28. The van der Waals surface area contributed by atoms with Gasteiger partial charge in [0, 0.05) is 18.6 Å². The Kier molecular flexibility index (Phi) is 8.07. The van der Waals surface area contributed by atoms with Gasteiger partial charge in [-0.1, -0.05) is 34.1 Å². The molecule has 0 aromatic heterocycles. The lowest BCUT2D eigenvalue weighted by atomic mass is 10.1. The fraction of sp³-hybridized carbons (Fsp3) is 1.00. The Morgan fingerprint density at radius 2 is 1.67 bits per heavy atom. The number of hydrogen-bond donors (Lipinski definition) is 1. The van der Waals surface area contributed by atoms with E-state index in [0.717, 1.165) is 19.0 Å². The minimum absolute atomic E-state index is 0.582. The highest BCUT2D eigenvalue weighted by molar-refractivity contribution is 4.77. The van der Waals surface area contributed by atoms with Crippen molar-refractivity contribution >= 4 is 0 Å². The van der Waals surface area contributed by atoms with E-state index in [0.29, 0.717) is 12.1 Å². The quantitative estimate of drug-likeness (QED) is 0.668. The fourth-order valence-electron chi connectivity index (χ4n) is 1.92. The third-order valence-corrected chi connectivity index (χ3v) is 3.47. The minimum Gasteiger partial charge on any atom is -0.313 e. The third kappa shape index (κ3) is 5.53. The third-order valence-electron chi connectivity index (χ3n) is 3.47. The molecule has 3 atom stereocenters. The van der Waals surface area contributed by atoms with Crippen LogP contribution in [0.5, 0.6) is 0 Å². The second kappa shape index (κ2) is 8.12. The van der Waals surface area contributed by atoms with Crippen molar-refractivity contribution in [2.24, 2.45) is 5.92 Å². The first-order valence-corrected chi connectivity index (χ1v) is 6.54. The van der Waals surface area contributed by atoms with Gasteiger partial charge in [-0.3, -0.25) is 4.90 Å². The van der Waals surface area contributed by atoms with Crippen molar-refractivity contribution in [1.29, 1.82) is 0 Å². The molecule has 0 saturated carbocycles. The molecule has 0 spiro atoms. The topological polar surface area (TPSA) is 15.3 Å².